The van der Waals surface area contributed by atoms with Crippen LogP contribution in [0.4, 0.5) is 0 Å². The molecule has 0 saturated carbocycles. The van der Waals surface area contributed by atoms with Gasteiger partial charge in [-0.15, -0.1) is 0 Å². The Balaban J connectivity index is 3.05. The molecule has 11 heavy (non-hydrogen) atoms. The maximum absolute atomic E-state index is 6.67. The molecule has 0 saturated heterocycles. The van der Waals surface area contributed by atoms with Crippen molar-refractivity contribution >= 4 is 31.9 Å². The monoisotopic (exact) mass is 274 g/mol. The number of pyridine rings is 1. The number of nitrogens with zero attached hydrogens (tertiary/aromatic N) is 2. The zero-order valence-corrected chi connectivity index (χ0v) is 8.68. The Morgan fingerprint density at radius 2 is 2.27 bits per heavy atom. The first-order valence-corrected chi connectivity index (χ1v) is 4.46. The highest BCUT2D eigenvalue weighted by molar-refractivity contribution is 9.11. The Kier molecular flexibility index (Phi) is 3.03. The molecule has 1 rings (SSSR count). The first-order valence-electron chi connectivity index (χ1n) is 2.87. The molecule has 0 fully saturated rings. The van der Waals surface area contributed by atoms with Crippen LogP contribution in [0.15, 0.2) is 21.3 Å². The molecule has 0 unspecified atom stereocenters. The molecule has 0 N–H and O–H groups in total. The van der Waals surface area contributed by atoms with Gasteiger partial charge in [0.2, 0.25) is 6.54 Å². The first kappa shape index (κ1) is 8.69. The molecule has 56 valence electrons. The zero-order chi connectivity index (χ0) is 8.27. The Morgan fingerprint density at radius 1 is 1.55 bits per heavy atom. The third-order valence-corrected chi connectivity index (χ3v) is 2.28. The van der Waals surface area contributed by atoms with Gasteiger partial charge < -0.3 is 4.85 Å². The summed E-state index contributed by atoms with van der Waals surface area (Å²) in [5.41, 5.74) is 0.911. The Morgan fingerprint density at radius 3 is 2.91 bits per heavy atom. The van der Waals surface area contributed by atoms with E-state index in [0.29, 0.717) is 6.54 Å². The van der Waals surface area contributed by atoms with E-state index in [0.717, 1.165) is 14.6 Å². The van der Waals surface area contributed by atoms with E-state index in [9.17, 15) is 0 Å². The second-order valence-electron chi connectivity index (χ2n) is 1.92. The van der Waals surface area contributed by atoms with Crippen LogP contribution in [0.2, 0.25) is 0 Å². The summed E-state index contributed by atoms with van der Waals surface area (Å²) < 4.78 is 1.65. The largest absolute Gasteiger partial charge is 0.312 e. The molecule has 1 aromatic heterocycles. The van der Waals surface area contributed by atoms with Gasteiger partial charge in [-0.05, 0) is 37.9 Å². The SMILES string of the molecule is [C-]#[N+]Cc1cc(Br)cnc1Br. The van der Waals surface area contributed by atoms with Crippen LogP contribution in [-0.4, -0.2) is 4.98 Å². The summed E-state index contributed by atoms with van der Waals surface area (Å²) in [7, 11) is 0. The molecular weight excluding hydrogens is 272 g/mol. The van der Waals surface area contributed by atoms with E-state index in [-0.39, 0.29) is 0 Å². The maximum Gasteiger partial charge on any atom is 0.242 e. The van der Waals surface area contributed by atoms with Crippen LogP contribution in [0, 0.1) is 6.57 Å². The lowest BCUT2D eigenvalue weighted by atomic mass is 10.3. The van der Waals surface area contributed by atoms with E-state index in [2.05, 4.69) is 41.7 Å². The van der Waals surface area contributed by atoms with Crippen molar-refractivity contribution in [3.05, 3.63) is 38.3 Å². The van der Waals surface area contributed by atoms with Gasteiger partial charge in [-0.3, -0.25) is 0 Å². The highest BCUT2D eigenvalue weighted by Crippen LogP contribution is 2.18. The predicted molar refractivity (Wildman–Crippen MR) is 49.9 cm³/mol. The van der Waals surface area contributed by atoms with E-state index in [1.165, 1.54) is 0 Å². The van der Waals surface area contributed by atoms with Crippen molar-refractivity contribution in [3.63, 3.8) is 0 Å². The summed E-state index contributed by atoms with van der Waals surface area (Å²) in [6, 6.07) is 1.88. The van der Waals surface area contributed by atoms with Crippen molar-refractivity contribution in [3.8, 4) is 0 Å². The van der Waals surface area contributed by atoms with Gasteiger partial charge in [-0.25, -0.2) is 11.6 Å². The summed E-state index contributed by atoms with van der Waals surface area (Å²) in [6.45, 7) is 7.04. The van der Waals surface area contributed by atoms with Crippen molar-refractivity contribution in [2.24, 2.45) is 0 Å². The lowest BCUT2D eigenvalue weighted by Crippen LogP contribution is -1.85. The fourth-order valence-electron chi connectivity index (χ4n) is 0.661. The maximum atomic E-state index is 6.67. The molecule has 0 aromatic carbocycles. The second kappa shape index (κ2) is 3.84. The van der Waals surface area contributed by atoms with Crippen LogP contribution < -0.4 is 0 Å². The lowest BCUT2D eigenvalue weighted by molar-refractivity contribution is 1.14. The van der Waals surface area contributed by atoms with E-state index >= 15 is 0 Å². The average Bonchev–Trinajstić information content (AvgIpc) is 1.98. The van der Waals surface area contributed by atoms with Crippen LogP contribution in [0.25, 0.3) is 4.85 Å². The smallest absolute Gasteiger partial charge is 0.242 e. The number of hydrogen-bond donors (Lipinski definition) is 0. The predicted octanol–water partition coefficient (Wildman–Crippen LogP) is 3.03. The van der Waals surface area contributed by atoms with Gasteiger partial charge in [0.15, 0.2) is 0 Å². The minimum atomic E-state index is 0.368. The molecule has 0 spiro atoms. The summed E-state index contributed by atoms with van der Waals surface area (Å²) in [6.07, 6.45) is 1.69. The minimum Gasteiger partial charge on any atom is -0.312 e. The minimum absolute atomic E-state index is 0.368. The molecule has 0 aliphatic rings. The van der Waals surface area contributed by atoms with Crippen molar-refractivity contribution < 1.29 is 0 Å². The molecule has 1 heterocycles. The Hall–Kier alpha value is -0.400. The van der Waals surface area contributed by atoms with Gasteiger partial charge in [0, 0.05) is 10.7 Å². The van der Waals surface area contributed by atoms with Crippen molar-refractivity contribution in [2.45, 2.75) is 6.54 Å². The van der Waals surface area contributed by atoms with Crippen LogP contribution in [0.1, 0.15) is 5.56 Å². The molecule has 1 aromatic rings. The normalized spacial score (nSPS) is 9.18. The number of aromatic nitrogens is 1. The van der Waals surface area contributed by atoms with E-state index < -0.39 is 0 Å². The fourth-order valence-corrected chi connectivity index (χ4v) is 1.38. The van der Waals surface area contributed by atoms with Gasteiger partial charge in [0.1, 0.15) is 4.60 Å². The Bertz CT molecular complexity index is 304. The van der Waals surface area contributed by atoms with Crippen LogP contribution in [0.5, 0.6) is 0 Å². The molecule has 0 aliphatic carbocycles. The van der Waals surface area contributed by atoms with E-state index in [1.807, 2.05) is 6.07 Å². The Labute approximate surface area is 81.7 Å². The summed E-state index contributed by atoms with van der Waals surface area (Å²) >= 11 is 6.54. The molecule has 4 heteroatoms. The average molecular weight is 276 g/mol. The molecular formula is C7H4Br2N2. The topological polar surface area (TPSA) is 17.2 Å². The van der Waals surface area contributed by atoms with Crippen molar-refractivity contribution in [1.82, 2.24) is 4.98 Å². The summed E-state index contributed by atoms with van der Waals surface area (Å²) in [5, 5.41) is 0. The van der Waals surface area contributed by atoms with Gasteiger partial charge in [-0.1, -0.05) is 0 Å². The van der Waals surface area contributed by atoms with Crippen LogP contribution >= 0.6 is 31.9 Å². The summed E-state index contributed by atoms with van der Waals surface area (Å²) in [4.78, 5) is 7.29. The van der Waals surface area contributed by atoms with Crippen LogP contribution in [-0.2, 0) is 6.54 Å². The van der Waals surface area contributed by atoms with E-state index in [4.69, 9.17) is 6.57 Å². The molecule has 0 aliphatic heterocycles. The number of hydrogen-bond acceptors (Lipinski definition) is 1. The van der Waals surface area contributed by atoms with Gasteiger partial charge in [0.05, 0.1) is 5.56 Å². The first-order chi connectivity index (χ1) is 5.24. The third kappa shape index (κ3) is 2.28. The van der Waals surface area contributed by atoms with Gasteiger partial charge in [0.25, 0.3) is 0 Å². The quantitative estimate of drug-likeness (QED) is 0.569. The second-order valence-corrected chi connectivity index (χ2v) is 3.59. The standard InChI is InChI=1S/C7H4Br2N2/c1-10-3-5-2-6(8)4-11-7(5)9/h2,4H,3H2. The molecule has 0 radical (unpaired) electrons. The molecule has 0 bridgehead atoms. The molecule has 2 nitrogen and oxygen atoms in total. The fraction of sp³-hybridized carbons (Fsp3) is 0.143. The molecule has 0 amide bonds. The molecule has 0 atom stereocenters. The van der Waals surface area contributed by atoms with E-state index in [1.54, 1.807) is 6.20 Å². The van der Waals surface area contributed by atoms with Crippen LogP contribution in [0.3, 0.4) is 0 Å². The van der Waals surface area contributed by atoms with Crippen molar-refractivity contribution in [1.29, 1.82) is 0 Å². The highest BCUT2D eigenvalue weighted by Gasteiger charge is 2.02. The third-order valence-electron chi connectivity index (χ3n) is 1.13. The number of rotatable bonds is 1. The zero-order valence-electron chi connectivity index (χ0n) is 5.51. The van der Waals surface area contributed by atoms with Gasteiger partial charge in [-0.2, -0.15) is 0 Å². The van der Waals surface area contributed by atoms with Gasteiger partial charge >= 0.3 is 0 Å². The summed E-state index contributed by atoms with van der Waals surface area (Å²) in [5.74, 6) is 0. The van der Waals surface area contributed by atoms with Crippen molar-refractivity contribution in [2.75, 3.05) is 0 Å². The number of halogens is 2. The lowest BCUT2D eigenvalue weighted by Gasteiger charge is -1.95. The highest BCUT2D eigenvalue weighted by atomic mass is 79.9.